The van der Waals surface area contributed by atoms with E-state index >= 15 is 0 Å². The Hall–Kier alpha value is -1.90. The predicted octanol–water partition coefficient (Wildman–Crippen LogP) is 3.40. The third kappa shape index (κ3) is 6.32. The summed E-state index contributed by atoms with van der Waals surface area (Å²) in [6.07, 6.45) is 6.40. The van der Waals surface area contributed by atoms with E-state index in [0.717, 1.165) is 24.0 Å². The average Bonchev–Trinajstić information content (AvgIpc) is 2.44. The van der Waals surface area contributed by atoms with E-state index in [-0.39, 0.29) is 24.8 Å². The quantitative estimate of drug-likeness (QED) is 0.539. The molecule has 108 valence electrons. The number of rotatable bonds is 8. The van der Waals surface area contributed by atoms with Gasteiger partial charge in [-0.25, -0.2) is 0 Å². The SMILES string of the molecule is CCC/C=C/CC(=O)COC(=O)Cc1ccccc1C. The van der Waals surface area contributed by atoms with Crippen molar-refractivity contribution in [3.8, 4) is 0 Å². The molecule has 0 unspecified atom stereocenters. The molecular formula is C17H22O3. The molecule has 0 heterocycles. The lowest BCUT2D eigenvalue weighted by Crippen LogP contribution is -2.15. The van der Waals surface area contributed by atoms with Crippen molar-refractivity contribution < 1.29 is 14.3 Å². The first-order valence-electron chi connectivity index (χ1n) is 7.00. The van der Waals surface area contributed by atoms with Crippen molar-refractivity contribution in [1.29, 1.82) is 0 Å². The summed E-state index contributed by atoms with van der Waals surface area (Å²) in [5.41, 5.74) is 1.99. The number of allylic oxidation sites excluding steroid dienone is 2. The van der Waals surface area contributed by atoms with Crippen LogP contribution in [-0.2, 0) is 20.7 Å². The van der Waals surface area contributed by atoms with Gasteiger partial charge in [-0.2, -0.15) is 0 Å². The fourth-order valence-corrected chi connectivity index (χ4v) is 1.73. The summed E-state index contributed by atoms with van der Waals surface area (Å²) in [6.45, 7) is 3.90. The lowest BCUT2D eigenvalue weighted by molar-refractivity contribution is -0.147. The molecule has 3 heteroatoms. The number of ketones is 1. The summed E-state index contributed by atoms with van der Waals surface area (Å²) in [4.78, 5) is 23.2. The summed E-state index contributed by atoms with van der Waals surface area (Å²) < 4.78 is 5.00. The highest BCUT2D eigenvalue weighted by atomic mass is 16.5. The van der Waals surface area contributed by atoms with Crippen LogP contribution in [0.5, 0.6) is 0 Å². The van der Waals surface area contributed by atoms with Crippen LogP contribution in [0.4, 0.5) is 0 Å². The maximum atomic E-state index is 11.7. The molecule has 0 aromatic heterocycles. The van der Waals surface area contributed by atoms with Crippen molar-refractivity contribution in [3.05, 3.63) is 47.5 Å². The Labute approximate surface area is 120 Å². The van der Waals surface area contributed by atoms with Crippen molar-refractivity contribution in [2.45, 2.75) is 39.5 Å². The van der Waals surface area contributed by atoms with Gasteiger partial charge in [0.05, 0.1) is 6.42 Å². The maximum absolute atomic E-state index is 11.7. The molecule has 0 radical (unpaired) electrons. The maximum Gasteiger partial charge on any atom is 0.310 e. The van der Waals surface area contributed by atoms with E-state index in [9.17, 15) is 9.59 Å². The normalized spacial score (nSPS) is 10.7. The number of unbranched alkanes of at least 4 members (excludes halogenated alkanes) is 1. The third-order valence-corrected chi connectivity index (χ3v) is 2.96. The zero-order valence-electron chi connectivity index (χ0n) is 12.2. The number of hydrogen-bond acceptors (Lipinski definition) is 3. The van der Waals surface area contributed by atoms with E-state index in [2.05, 4.69) is 6.92 Å². The van der Waals surface area contributed by atoms with Crippen LogP contribution in [0.1, 0.15) is 37.3 Å². The number of ether oxygens (including phenoxy) is 1. The van der Waals surface area contributed by atoms with Crippen molar-refractivity contribution in [2.75, 3.05) is 6.61 Å². The Morgan fingerprint density at radius 1 is 1.20 bits per heavy atom. The average molecular weight is 274 g/mol. The van der Waals surface area contributed by atoms with Gasteiger partial charge in [0.2, 0.25) is 0 Å². The van der Waals surface area contributed by atoms with E-state index < -0.39 is 0 Å². The number of esters is 1. The van der Waals surface area contributed by atoms with E-state index in [1.54, 1.807) is 0 Å². The Balaban J connectivity index is 2.30. The molecule has 0 aliphatic heterocycles. The van der Waals surface area contributed by atoms with Crippen LogP contribution in [0.3, 0.4) is 0 Å². The van der Waals surface area contributed by atoms with E-state index in [4.69, 9.17) is 4.74 Å². The van der Waals surface area contributed by atoms with Crippen molar-refractivity contribution in [2.24, 2.45) is 0 Å². The van der Waals surface area contributed by atoms with Gasteiger partial charge in [-0.1, -0.05) is 49.8 Å². The van der Waals surface area contributed by atoms with Gasteiger partial charge in [0.25, 0.3) is 0 Å². The molecule has 0 fully saturated rings. The van der Waals surface area contributed by atoms with Crippen LogP contribution in [0.25, 0.3) is 0 Å². The van der Waals surface area contributed by atoms with Crippen LogP contribution in [0, 0.1) is 6.92 Å². The Morgan fingerprint density at radius 2 is 1.95 bits per heavy atom. The molecule has 0 saturated carbocycles. The van der Waals surface area contributed by atoms with Crippen molar-refractivity contribution in [3.63, 3.8) is 0 Å². The molecule has 1 rings (SSSR count). The van der Waals surface area contributed by atoms with Gasteiger partial charge in [-0.05, 0) is 24.5 Å². The Morgan fingerprint density at radius 3 is 2.65 bits per heavy atom. The second kappa shape index (κ2) is 9.08. The molecule has 0 saturated heterocycles. The first-order chi connectivity index (χ1) is 9.63. The summed E-state index contributed by atoms with van der Waals surface area (Å²) in [6, 6.07) is 7.66. The summed E-state index contributed by atoms with van der Waals surface area (Å²) in [7, 11) is 0. The van der Waals surface area contributed by atoms with Crippen LogP contribution in [0.2, 0.25) is 0 Å². The standard InChI is InChI=1S/C17H22O3/c1-3-4-5-6-11-16(18)13-20-17(19)12-15-10-8-7-9-14(15)2/h5-10H,3-4,11-13H2,1-2H3/b6-5+. The van der Waals surface area contributed by atoms with Crippen molar-refractivity contribution in [1.82, 2.24) is 0 Å². The molecule has 20 heavy (non-hydrogen) atoms. The second-order valence-corrected chi connectivity index (χ2v) is 4.77. The highest BCUT2D eigenvalue weighted by molar-refractivity contribution is 5.83. The number of Topliss-reactive ketones (excluding diaryl/α,β-unsaturated/α-hetero) is 1. The van der Waals surface area contributed by atoms with Gasteiger partial charge in [-0.15, -0.1) is 0 Å². The smallest absolute Gasteiger partial charge is 0.310 e. The number of benzene rings is 1. The zero-order chi connectivity index (χ0) is 14.8. The second-order valence-electron chi connectivity index (χ2n) is 4.77. The highest BCUT2D eigenvalue weighted by Gasteiger charge is 2.09. The lowest BCUT2D eigenvalue weighted by atomic mass is 10.1. The summed E-state index contributed by atoms with van der Waals surface area (Å²) in [5, 5.41) is 0. The van der Waals surface area contributed by atoms with Gasteiger partial charge < -0.3 is 4.74 Å². The number of carbonyl (C=O) groups excluding carboxylic acids is 2. The van der Waals surface area contributed by atoms with Gasteiger partial charge in [0.1, 0.15) is 6.61 Å². The third-order valence-electron chi connectivity index (χ3n) is 2.96. The monoisotopic (exact) mass is 274 g/mol. The molecule has 1 aromatic carbocycles. The number of carbonyl (C=O) groups is 2. The fourth-order valence-electron chi connectivity index (χ4n) is 1.73. The van der Waals surface area contributed by atoms with Crippen LogP contribution < -0.4 is 0 Å². The minimum Gasteiger partial charge on any atom is -0.457 e. The Bertz CT molecular complexity index is 475. The molecule has 0 aliphatic rings. The summed E-state index contributed by atoms with van der Waals surface area (Å²) >= 11 is 0. The van der Waals surface area contributed by atoms with Gasteiger partial charge in [0.15, 0.2) is 5.78 Å². The summed E-state index contributed by atoms with van der Waals surface area (Å²) in [5.74, 6) is -0.430. The highest BCUT2D eigenvalue weighted by Crippen LogP contribution is 2.08. The topological polar surface area (TPSA) is 43.4 Å². The van der Waals surface area contributed by atoms with Crippen LogP contribution >= 0.6 is 0 Å². The molecule has 0 spiro atoms. The molecule has 0 aliphatic carbocycles. The molecular weight excluding hydrogens is 252 g/mol. The number of hydrogen-bond donors (Lipinski definition) is 0. The molecule has 0 atom stereocenters. The first kappa shape index (κ1) is 16.2. The van der Waals surface area contributed by atoms with Crippen molar-refractivity contribution >= 4 is 11.8 Å². The van der Waals surface area contributed by atoms with Gasteiger partial charge in [0, 0.05) is 6.42 Å². The zero-order valence-corrected chi connectivity index (χ0v) is 12.2. The number of aryl methyl sites for hydroxylation is 1. The minimum absolute atomic E-state index is 0.0736. The molecule has 3 nitrogen and oxygen atoms in total. The van der Waals surface area contributed by atoms with Gasteiger partial charge >= 0.3 is 5.97 Å². The fraction of sp³-hybridized carbons (Fsp3) is 0.412. The Kier molecular flexibility index (Phi) is 7.33. The lowest BCUT2D eigenvalue weighted by Gasteiger charge is -2.05. The minimum atomic E-state index is -0.356. The van der Waals surface area contributed by atoms with Gasteiger partial charge in [-0.3, -0.25) is 9.59 Å². The molecule has 0 bridgehead atoms. The molecule has 1 aromatic rings. The van der Waals surface area contributed by atoms with Crippen LogP contribution in [-0.4, -0.2) is 18.4 Å². The van der Waals surface area contributed by atoms with E-state index in [1.165, 1.54) is 0 Å². The molecule has 0 amide bonds. The molecule has 0 N–H and O–H groups in total. The van der Waals surface area contributed by atoms with Crippen LogP contribution in [0.15, 0.2) is 36.4 Å². The first-order valence-corrected chi connectivity index (χ1v) is 7.00. The van der Waals surface area contributed by atoms with E-state index in [0.29, 0.717) is 6.42 Å². The predicted molar refractivity (Wildman–Crippen MR) is 79.5 cm³/mol. The van der Waals surface area contributed by atoms with E-state index in [1.807, 2.05) is 43.3 Å². The largest absolute Gasteiger partial charge is 0.457 e.